The van der Waals surface area contributed by atoms with Crippen LogP contribution in [0, 0.1) is 5.92 Å². The number of hydrogen-bond acceptors (Lipinski definition) is 5. The summed E-state index contributed by atoms with van der Waals surface area (Å²) >= 11 is 0. The molecule has 0 fully saturated rings. The van der Waals surface area contributed by atoms with Crippen LogP contribution in [-0.4, -0.2) is 55.5 Å². The number of carboxylic acid groups (broad SMARTS) is 1. The van der Waals surface area contributed by atoms with E-state index in [4.69, 9.17) is 9.47 Å². The molecule has 3 N–H and O–H groups in total. The lowest BCUT2D eigenvalue weighted by molar-refractivity contribution is -0.143. The lowest BCUT2D eigenvalue weighted by Gasteiger charge is -2.23. The van der Waals surface area contributed by atoms with Crippen LogP contribution >= 0.6 is 0 Å². The Morgan fingerprint density at radius 2 is 1.56 bits per heavy atom. The number of aliphatic carboxylic acids is 1. The lowest BCUT2D eigenvalue weighted by Crippen LogP contribution is -2.53. The largest absolute Gasteiger partial charge is 0.480 e. The van der Waals surface area contributed by atoms with Crippen molar-refractivity contribution in [2.24, 2.45) is 5.92 Å². The third-order valence-electron chi connectivity index (χ3n) is 6.02. The smallest absolute Gasteiger partial charge is 0.407 e. The fourth-order valence-corrected chi connectivity index (χ4v) is 4.25. The van der Waals surface area contributed by atoms with E-state index in [0.29, 0.717) is 13.0 Å². The van der Waals surface area contributed by atoms with Gasteiger partial charge in [-0.3, -0.25) is 4.79 Å². The molecule has 34 heavy (non-hydrogen) atoms. The molecule has 0 aliphatic heterocycles. The van der Waals surface area contributed by atoms with Crippen LogP contribution in [0.2, 0.25) is 0 Å². The second kappa shape index (κ2) is 11.7. The second-order valence-electron chi connectivity index (χ2n) is 8.73. The van der Waals surface area contributed by atoms with Gasteiger partial charge in [0.1, 0.15) is 18.7 Å². The van der Waals surface area contributed by atoms with Crippen molar-refractivity contribution in [1.82, 2.24) is 10.6 Å². The van der Waals surface area contributed by atoms with Gasteiger partial charge in [0.2, 0.25) is 5.91 Å². The summed E-state index contributed by atoms with van der Waals surface area (Å²) in [6.07, 6.45) is 0.0715. The van der Waals surface area contributed by atoms with Crippen molar-refractivity contribution in [1.29, 1.82) is 0 Å². The molecule has 8 nitrogen and oxygen atoms in total. The van der Waals surface area contributed by atoms with E-state index in [1.165, 1.54) is 0 Å². The average molecular weight is 469 g/mol. The zero-order chi connectivity index (χ0) is 24.7. The van der Waals surface area contributed by atoms with Crippen LogP contribution in [0.25, 0.3) is 11.1 Å². The Balaban J connectivity index is 1.66. The molecule has 182 valence electrons. The Hall–Kier alpha value is -3.39. The van der Waals surface area contributed by atoms with E-state index in [2.05, 4.69) is 22.8 Å². The van der Waals surface area contributed by atoms with Gasteiger partial charge in [-0.1, -0.05) is 62.4 Å². The summed E-state index contributed by atoms with van der Waals surface area (Å²) in [6, 6.07) is 14.1. The number of alkyl carbamates (subject to hydrolysis) is 1. The van der Waals surface area contributed by atoms with Crippen molar-refractivity contribution in [2.75, 3.05) is 20.3 Å². The Labute approximate surface area is 199 Å². The number of benzene rings is 2. The first-order valence-corrected chi connectivity index (χ1v) is 11.5. The van der Waals surface area contributed by atoms with Crippen LogP contribution in [0.3, 0.4) is 0 Å². The maximum absolute atomic E-state index is 12.8. The van der Waals surface area contributed by atoms with Gasteiger partial charge in [0, 0.05) is 19.6 Å². The summed E-state index contributed by atoms with van der Waals surface area (Å²) in [6.45, 7) is 3.94. The van der Waals surface area contributed by atoms with Crippen molar-refractivity contribution in [3.8, 4) is 11.1 Å². The average Bonchev–Trinajstić information content (AvgIpc) is 3.14. The van der Waals surface area contributed by atoms with Crippen LogP contribution in [0.15, 0.2) is 48.5 Å². The molecule has 0 radical (unpaired) electrons. The van der Waals surface area contributed by atoms with Crippen molar-refractivity contribution in [2.45, 2.75) is 44.7 Å². The molecule has 2 aromatic rings. The molecule has 0 bridgehead atoms. The zero-order valence-electron chi connectivity index (χ0n) is 19.7. The molecule has 0 saturated heterocycles. The highest BCUT2D eigenvalue weighted by Gasteiger charge is 2.31. The topological polar surface area (TPSA) is 114 Å². The Morgan fingerprint density at radius 1 is 0.971 bits per heavy atom. The highest BCUT2D eigenvalue weighted by molar-refractivity contribution is 5.89. The third-order valence-corrected chi connectivity index (χ3v) is 6.02. The van der Waals surface area contributed by atoms with Crippen LogP contribution in [0.5, 0.6) is 0 Å². The molecule has 1 aliphatic rings. The molecule has 2 aromatic carbocycles. The van der Waals surface area contributed by atoms with Crippen molar-refractivity contribution >= 4 is 18.0 Å². The molecular formula is C26H32N2O6. The molecular weight excluding hydrogens is 436 g/mol. The molecule has 0 saturated carbocycles. The van der Waals surface area contributed by atoms with Gasteiger partial charge in [-0.05, 0) is 41.0 Å². The number of rotatable bonds is 11. The number of carboxylic acids is 1. The highest BCUT2D eigenvalue weighted by atomic mass is 16.5. The standard InChI is InChI=1S/C26H32N2O6/c1-16(2)23(25(30)31)28-24(29)22(13-8-14-33-3)27-26(32)34-15-21-19-11-6-4-9-17(19)18-10-5-7-12-20(18)21/h4-7,9-12,16,21-23H,8,13-15H2,1-3H3,(H,27,32)(H,28,29)(H,30,31)/t22?,23-/m1/s1. The van der Waals surface area contributed by atoms with Gasteiger partial charge in [0.05, 0.1) is 0 Å². The Morgan fingerprint density at radius 3 is 2.09 bits per heavy atom. The summed E-state index contributed by atoms with van der Waals surface area (Å²) in [5, 5.41) is 14.5. The van der Waals surface area contributed by atoms with Crippen molar-refractivity contribution < 1.29 is 29.0 Å². The summed E-state index contributed by atoms with van der Waals surface area (Å²) in [4.78, 5) is 36.9. The first kappa shape index (κ1) is 25.2. The fraction of sp³-hybridized carbons (Fsp3) is 0.423. The van der Waals surface area contributed by atoms with E-state index in [0.717, 1.165) is 22.3 Å². The van der Waals surface area contributed by atoms with Crippen molar-refractivity contribution in [3.05, 3.63) is 59.7 Å². The van der Waals surface area contributed by atoms with E-state index in [1.54, 1.807) is 21.0 Å². The van der Waals surface area contributed by atoms with Gasteiger partial charge in [0.15, 0.2) is 0 Å². The molecule has 2 atom stereocenters. The summed E-state index contributed by atoms with van der Waals surface area (Å²) in [5.74, 6) is -2.10. The molecule has 2 amide bonds. The number of ether oxygens (including phenoxy) is 2. The van der Waals surface area contributed by atoms with E-state index in [1.807, 2.05) is 36.4 Å². The number of fused-ring (bicyclic) bond motifs is 3. The van der Waals surface area contributed by atoms with Crippen molar-refractivity contribution in [3.63, 3.8) is 0 Å². The summed E-state index contributed by atoms with van der Waals surface area (Å²) < 4.78 is 10.6. The van der Waals surface area contributed by atoms with Crippen LogP contribution in [0.4, 0.5) is 4.79 Å². The summed E-state index contributed by atoms with van der Waals surface area (Å²) in [7, 11) is 1.55. The van der Waals surface area contributed by atoms with Gasteiger partial charge in [-0.2, -0.15) is 0 Å². The minimum absolute atomic E-state index is 0.101. The number of carbonyl (C=O) groups is 3. The monoisotopic (exact) mass is 468 g/mol. The molecule has 0 aromatic heterocycles. The van der Waals surface area contributed by atoms with Crippen LogP contribution < -0.4 is 10.6 Å². The first-order chi connectivity index (χ1) is 16.3. The molecule has 0 heterocycles. The van der Waals surface area contributed by atoms with Crippen LogP contribution in [0.1, 0.15) is 43.7 Å². The molecule has 0 spiro atoms. The van der Waals surface area contributed by atoms with Gasteiger partial charge in [-0.25, -0.2) is 9.59 Å². The Kier molecular flexibility index (Phi) is 8.65. The second-order valence-corrected chi connectivity index (χ2v) is 8.73. The Bertz CT molecular complexity index is 976. The van der Waals surface area contributed by atoms with E-state index in [9.17, 15) is 19.5 Å². The maximum atomic E-state index is 12.8. The SMILES string of the molecule is COCCCC(NC(=O)OCC1c2ccccc2-c2ccccc21)C(=O)N[C@@H](C(=O)O)C(C)C. The van der Waals surface area contributed by atoms with E-state index < -0.39 is 30.1 Å². The number of methoxy groups -OCH3 is 1. The van der Waals surface area contributed by atoms with Crippen LogP contribution in [-0.2, 0) is 19.1 Å². The minimum atomic E-state index is -1.12. The highest BCUT2D eigenvalue weighted by Crippen LogP contribution is 2.44. The maximum Gasteiger partial charge on any atom is 0.407 e. The molecule has 8 heteroatoms. The van der Waals surface area contributed by atoms with E-state index >= 15 is 0 Å². The number of hydrogen-bond donors (Lipinski definition) is 3. The first-order valence-electron chi connectivity index (χ1n) is 11.5. The number of amides is 2. The lowest BCUT2D eigenvalue weighted by atomic mass is 9.98. The van der Waals surface area contributed by atoms with E-state index in [-0.39, 0.29) is 24.9 Å². The van der Waals surface area contributed by atoms with Gasteiger partial charge in [-0.15, -0.1) is 0 Å². The fourth-order valence-electron chi connectivity index (χ4n) is 4.25. The van der Waals surface area contributed by atoms with Gasteiger partial charge < -0.3 is 25.2 Å². The molecule has 3 rings (SSSR count). The third kappa shape index (κ3) is 5.94. The number of nitrogens with one attached hydrogen (secondary N) is 2. The molecule has 1 unspecified atom stereocenters. The quantitative estimate of drug-likeness (QED) is 0.435. The normalized spacial score (nSPS) is 14.1. The zero-order valence-corrected chi connectivity index (χ0v) is 19.7. The van der Waals surface area contributed by atoms with Gasteiger partial charge >= 0.3 is 12.1 Å². The molecule has 1 aliphatic carbocycles. The predicted molar refractivity (Wildman–Crippen MR) is 128 cm³/mol. The number of carbonyl (C=O) groups excluding carboxylic acids is 2. The van der Waals surface area contributed by atoms with Gasteiger partial charge in [0.25, 0.3) is 0 Å². The summed E-state index contributed by atoms with van der Waals surface area (Å²) in [5.41, 5.74) is 4.42. The minimum Gasteiger partial charge on any atom is -0.480 e. The predicted octanol–water partition coefficient (Wildman–Crippen LogP) is 3.55.